The summed E-state index contributed by atoms with van der Waals surface area (Å²) in [6.45, 7) is 9.72. The van der Waals surface area contributed by atoms with Crippen molar-refractivity contribution in [3.8, 4) is 0 Å². The van der Waals surface area contributed by atoms with Gasteiger partial charge in [0, 0.05) is 45.1 Å². The van der Waals surface area contributed by atoms with Crippen LogP contribution in [-0.4, -0.2) is 37.7 Å². The summed E-state index contributed by atoms with van der Waals surface area (Å²) in [6, 6.07) is 12.8. The number of ketones is 2. The molecule has 2 unspecified atom stereocenters. The van der Waals surface area contributed by atoms with E-state index in [2.05, 4.69) is 24.5 Å². The molecule has 0 radical (unpaired) electrons. The van der Waals surface area contributed by atoms with Gasteiger partial charge in [0.1, 0.15) is 0 Å². The number of benzene rings is 2. The number of carbonyl (C=O) groups excluding carboxylic acids is 2. The molecule has 2 aliphatic rings. The molecule has 35 heavy (non-hydrogen) atoms. The Bertz CT molecular complexity index is 1010. The highest BCUT2D eigenvalue weighted by Gasteiger charge is 2.41. The molecule has 0 spiro atoms. The number of halogens is 2. The van der Waals surface area contributed by atoms with Crippen molar-refractivity contribution in [1.82, 2.24) is 10.6 Å². The SMILES string of the molecule is CCCC1(C(=O)c2ccc(Cl)c(C)c2)CCNC1.CCCC1(C(=O)c2ccc(Cl)cc2)CCNC1. The third-order valence-corrected chi connectivity index (χ3v) is 8.11. The molecule has 0 aliphatic carbocycles. The van der Waals surface area contributed by atoms with Crippen LogP contribution < -0.4 is 10.6 Å². The number of Topliss-reactive ketones (excluding diaryl/α,β-unsaturated/α-hetero) is 2. The van der Waals surface area contributed by atoms with Gasteiger partial charge in [-0.05, 0) is 93.7 Å². The lowest BCUT2D eigenvalue weighted by molar-refractivity contribution is 0.0795. The maximum absolute atomic E-state index is 12.7. The third kappa shape index (κ3) is 6.54. The van der Waals surface area contributed by atoms with Crippen molar-refractivity contribution in [2.45, 2.75) is 59.3 Å². The molecule has 2 atom stereocenters. The van der Waals surface area contributed by atoms with Crippen molar-refractivity contribution in [1.29, 1.82) is 0 Å². The van der Waals surface area contributed by atoms with E-state index >= 15 is 0 Å². The molecule has 2 fully saturated rings. The maximum atomic E-state index is 12.7. The molecular weight excluding hydrogens is 479 g/mol. The first-order valence-electron chi connectivity index (χ1n) is 12.8. The van der Waals surface area contributed by atoms with Crippen LogP contribution in [0.4, 0.5) is 0 Å². The molecular formula is C29H38Cl2N2O2. The van der Waals surface area contributed by atoms with Gasteiger partial charge in [-0.15, -0.1) is 0 Å². The predicted octanol–water partition coefficient (Wildman–Crippen LogP) is 6.91. The zero-order valence-electron chi connectivity index (χ0n) is 21.2. The first-order valence-corrected chi connectivity index (χ1v) is 13.6. The van der Waals surface area contributed by atoms with Crippen LogP contribution in [0.25, 0.3) is 0 Å². The largest absolute Gasteiger partial charge is 0.316 e. The average Bonchev–Trinajstić information content (AvgIpc) is 3.53. The van der Waals surface area contributed by atoms with Gasteiger partial charge in [0.15, 0.2) is 11.6 Å². The predicted molar refractivity (Wildman–Crippen MR) is 146 cm³/mol. The van der Waals surface area contributed by atoms with Crippen LogP contribution in [0.15, 0.2) is 42.5 Å². The third-order valence-electron chi connectivity index (χ3n) is 7.43. The van der Waals surface area contributed by atoms with Gasteiger partial charge < -0.3 is 10.6 Å². The van der Waals surface area contributed by atoms with Crippen molar-refractivity contribution in [2.75, 3.05) is 26.2 Å². The molecule has 6 heteroatoms. The molecule has 4 nitrogen and oxygen atoms in total. The summed E-state index contributed by atoms with van der Waals surface area (Å²) in [4.78, 5) is 25.3. The second kappa shape index (κ2) is 12.5. The standard InChI is InChI=1S/C15H20ClNO.C14H18ClNO/c1-3-6-15(7-8-17-10-15)14(18)12-4-5-13(16)11(2)9-12;1-2-7-14(8-9-16-10-14)13(17)11-3-5-12(15)6-4-11/h4-5,9,17H,3,6-8,10H2,1-2H3;3-6,16H,2,7-10H2,1H3. The molecule has 2 aromatic rings. The highest BCUT2D eigenvalue weighted by atomic mass is 35.5. The first kappa shape index (κ1) is 27.9. The molecule has 0 aromatic heterocycles. The van der Waals surface area contributed by atoms with Crippen molar-refractivity contribution >= 4 is 34.8 Å². The van der Waals surface area contributed by atoms with E-state index in [1.807, 2.05) is 37.3 Å². The molecule has 0 amide bonds. The molecule has 2 N–H and O–H groups in total. The van der Waals surface area contributed by atoms with Crippen molar-refractivity contribution in [3.63, 3.8) is 0 Å². The summed E-state index contributed by atoms with van der Waals surface area (Å²) in [5.74, 6) is 0.537. The Morgan fingerprint density at radius 1 is 0.800 bits per heavy atom. The fraction of sp³-hybridized carbons (Fsp3) is 0.517. The number of rotatable bonds is 8. The smallest absolute Gasteiger partial charge is 0.170 e. The van der Waals surface area contributed by atoms with Gasteiger partial charge in [0.25, 0.3) is 0 Å². The summed E-state index contributed by atoms with van der Waals surface area (Å²) in [7, 11) is 0. The van der Waals surface area contributed by atoms with E-state index in [1.54, 1.807) is 12.1 Å². The van der Waals surface area contributed by atoms with Crippen molar-refractivity contribution < 1.29 is 9.59 Å². The van der Waals surface area contributed by atoms with Gasteiger partial charge in [0.2, 0.25) is 0 Å². The highest BCUT2D eigenvalue weighted by molar-refractivity contribution is 6.31. The van der Waals surface area contributed by atoms with Crippen LogP contribution in [0, 0.1) is 17.8 Å². The summed E-state index contributed by atoms with van der Waals surface area (Å²) in [5, 5.41) is 8.04. The molecule has 190 valence electrons. The van der Waals surface area contributed by atoms with Crippen LogP contribution in [0.1, 0.15) is 78.7 Å². The Kier molecular flexibility index (Phi) is 9.94. The summed E-state index contributed by atoms with van der Waals surface area (Å²) >= 11 is 11.9. The van der Waals surface area contributed by atoms with Gasteiger partial charge in [-0.2, -0.15) is 0 Å². The highest BCUT2D eigenvalue weighted by Crippen LogP contribution is 2.36. The molecule has 0 bridgehead atoms. The molecule has 2 aromatic carbocycles. The monoisotopic (exact) mass is 516 g/mol. The molecule has 2 saturated heterocycles. The molecule has 4 rings (SSSR count). The molecule has 2 aliphatic heterocycles. The second-order valence-electron chi connectivity index (χ2n) is 10.0. The minimum Gasteiger partial charge on any atom is -0.316 e. The number of nitrogens with one attached hydrogen (secondary N) is 2. The Morgan fingerprint density at radius 2 is 1.29 bits per heavy atom. The van der Waals surface area contributed by atoms with Gasteiger partial charge in [0.05, 0.1) is 0 Å². The number of aryl methyl sites for hydroxylation is 1. The lowest BCUT2D eigenvalue weighted by Crippen LogP contribution is -2.33. The lowest BCUT2D eigenvalue weighted by Gasteiger charge is -2.26. The Labute approximate surface area is 220 Å². The zero-order chi connectivity index (χ0) is 25.5. The van der Waals surface area contributed by atoms with E-state index in [0.717, 1.165) is 86.4 Å². The van der Waals surface area contributed by atoms with E-state index in [4.69, 9.17) is 23.2 Å². The van der Waals surface area contributed by atoms with E-state index in [-0.39, 0.29) is 22.4 Å². The van der Waals surface area contributed by atoms with Crippen LogP contribution in [0.2, 0.25) is 10.0 Å². The average molecular weight is 518 g/mol. The van der Waals surface area contributed by atoms with Gasteiger partial charge in [-0.3, -0.25) is 9.59 Å². The second-order valence-corrected chi connectivity index (χ2v) is 10.9. The van der Waals surface area contributed by atoms with Gasteiger partial charge >= 0.3 is 0 Å². The van der Waals surface area contributed by atoms with E-state index in [0.29, 0.717) is 5.02 Å². The van der Waals surface area contributed by atoms with Crippen LogP contribution >= 0.6 is 23.2 Å². The fourth-order valence-corrected chi connectivity index (χ4v) is 5.73. The minimum atomic E-state index is -0.199. The van der Waals surface area contributed by atoms with Crippen LogP contribution in [-0.2, 0) is 0 Å². The number of carbonyl (C=O) groups is 2. The first-order chi connectivity index (χ1) is 16.8. The fourth-order valence-electron chi connectivity index (χ4n) is 5.49. The normalized spacial score (nSPS) is 23.6. The molecule has 0 saturated carbocycles. The number of hydrogen-bond donors (Lipinski definition) is 2. The Hall–Kier alpha value is -1.72. The van der Waals surface area contributed by atoms with Gasteiger partial charge in [-0.1, -0.05) is 49.9 Å². The van der Waals surface area contributed by atoms with Crippen LogP contribution in [0.3, 0.4) is 0 Å². The van der Waals surface area contributed by atoms with Crippen LogP contribution in [0.5, 0.6) is 0 Å². The zero-order valence-corrected chi connectivity index (χ0v) is 22.7. The molecule has 2 heterocycles. The quantitative estimate of drug-likeness (QED) is 0.374. The van der Waals surface area contributed by atoms with E-state index in [9.17, 15) is 9.59 Å². The lowest BCUT2D eigenvalue weighted by atomic mass is 9.76. The van der Waals surface area contributed by atoms with E-state index < -0.39 is 0 Å². The minimum absolute atomic E-state index is 0.192. The summed E-state index contributed by atoms with van der Waals surface area (Å²) in [6.07, 6.45) is 5.90. The summed E-state index contributed by atoms with van der Waals surface area (Å²) in [5.41, 5.74) is 2.16. The Balaban J connectivity index is 0.000000196. The van der Waals surface area contributed by atoms with Crippen molar-refractivity contribution in [3.05, 3.63) is 69.2 Å². The summed E-state index contributed by atoms with van der Waals surface area (Å²) < 4.78 is 0. The maximum Gasteiger partial charge on any atom is 0.170 e. The topological polar surface area (TPSA) is 58.2 Å². The Morgan fingerprint density at radius 3 is 1.71 bits per heavy atom. The van der Waals surface area contributed by atoms with Gasteiger partial charge in [-0.25, -0.2) is 0 Å². The van der Waals surface area contributed by atoms with E-state index in [1.165, 1.54) is 0 Å². The number of hydrogen-bond acceptors (Lipinski definition) is 4. The van der Waals surface area contributed by atoms with Crippen molar-refractivity contribution in [2.24, 2.45) is 10.8 Å².